The molecular formula is C34H18. The molecule has 0 bridgehead atoms. The van der Waals surface area contributed by atoms with Gasteiger partial charge in [0.25, 0.3) is 0 Å². The molecular weight excluding hydrogens is 408 g/mol. The van der Waals surface area contributed by atoms with Gasteiger partial charge >= 0.3 is 0 Å². The van der Waals surface area contributed by atoms with E-state index in [1.54, 1.807) is 0 Å². The number of hydrogen-bond acceptors (Lipinski definition) is 0. The van der Waals surface area contributed by atoms with Crippen LogP contribution in [0.15, 0.2) is 109 Å². The van der Waals surface area contributed by atoms with E-state index < -0.39 is 0 Å². The van der Waals surface area contributed by atoms with E-state index in [9.17, 15) is 0 Å². The highest BCUT2D eigenvalue weighted by molar-refractivity contribution is 6.41. The molecule has 0 aliphatic rings. The van der Waals surface area contributed by atoms with E-state index in [0.29, 0.717) is 0 Å². The Morgan fingerprint density at radius 3 is 1.47 bits per heavy atom. The molecule has 0 radical (unpaired) electrons. The fourth-order valence-electron chi connectivity index (χ4n) is 6.69. The van der Waals surface area contributed by atoms with Gasteiger partial charge in [-0.3, -0.25) is 0 Å². The van der Waals surface area contributed by atoms with Gasteiger partial charge in [0.1, 0.15) is 0 Å². The zero-order valence-corrected chi connectivity index (χ0v) is 18.4. The largest absolute Gasteiger partial charge is 0.0616 e. The fraction of sp³-hybridized carbons (Fsp3) is 0. The molecule has 0 aliphatic carbocycles. The van der Waals surface area contributed by atoms with Gasteiger partial charge in [0.2, 0.25) is 0 Å². The molecule has 0 atom stereocenters. The minimum Gasteiger partial charge on any atom is -0.0616 e. The number of rotatable bonds is 0. The number of hydrogen-bond donors (Lipinski definition) is 0. The van der Waals surface area contributed by atoms with Crippen molar-refractivity contribution >= 4 is 86.2 Å². The van der Waals surface area contributed by atoms with Crippen LogP contribution >= 0.6 is 0 Å². The Balaban J connectivity index is 1.59. The summed E-state index contributed by atoms with van der Waals surface area (Å²) in [6.45, 7) is 0. The second kappa shape index (κ2) is 5.73. The van der Waals surface area contributed by atoms with Crippen molar-refractivity contribution in [3.63, 3.8) is 0 Å². The molecule has 34 heavy (non-hydrogen) atoms. The van der Waals surface area contributed by atoms with E-state index in [-0.39, 0.29) is 0 Å². The first-order valence-corrected chi connectivity index (χ1v) is 12.0. The zero-order valence-electron chi connectivity index (χ0n) is 18.4. The lowest BCUT2D eigenvalue weighted by atomic mass is 9.84. The topological polar surface area (TPSA) is 0 Å². The second-order valence-corrected chi connectivity index (χ2v) is 9.69. The summed E-state index contributed by atoms with van der Waals surface area (Å²) in [5, 5.41) is 21.6. The predicted molar refractivity (Wildman–Crippen MR) is 149 cm³/mol. The lowest BCUT2D eigenvalue weighted by Gasteiger charge is -2.19. The van der Waals surface area contributed by atoms with Gasteiger partial charge in [0.15, 0.2) is 0 Å². The monoisotopic (exact) mass is 426 g/mol. The highest BCUT2D eigenvalue weighted by atomic mass is 14.2. The van der Waals surface area contributed by atoms with Crippen molar-refractivity contribution in [2.45, 2.75) is 0 Å². The molecule has 9 aromatic rings. The van der Waals surface area contributed by atoms with E-state index in [1.165, 1.54) is 86.2 Å². The first kappa shape index (κ1) is 17.1. The molecule has 154 valence electrons. The number of benzene rings is 9. The Bertz CT molecular complexity index is 2200. The van der Waals surface area contributed by atoms with Gasteiger partial charge in [0, 0.05) is 0 Å². The Morgan fingerprint density at radius 2 is 0.735 bits per heavy atom. The third-order valence-corrected chi connectivity index (χ3v) is 8.11. The predicted octanol–water partition coefficient (Wildman–Crippen LogP) is 9.79. The summed E-state index contributed by atoms with van der Waals surface area (Å²) in [6, 6.07) is 41.0. The molecule has 0 N–H and O–H groups in total. The highest BCUT2D eigenvalue weighted by Gasteiger charge is 2.18. The zero-order chi connectivity index (χ0) is 22.0. The molecule has 0 spiro atoms. The van der Waals surface area contributed by atoms with Crippen LogP contribution in [-0.4, -0.2) is 0 Å². The van der Waals surface area contributed by atoms with E-state index >= 15 is 0 Å². The molecule has 9 aromatic carbocycles. The van der Waals surface area contributed by atoms with Crippen LogP contribution in [0.5, 0.6) is 0 Å². The normalized spacial score (nSPS) is 12.7. The molecule has 0 saturated carbocycles. The van der Waals surface area contributed by atoms with Gasteiger partial charge < -0.3 is 0 Å². The fourth-order valence-corrected chi connectivity index (χ4v) is 6.69. The molecule has 9 rings (SSSR count). The van der Waals surface area contributed by atoms with Crippen molar-refractivity contribution in [2.75, 3.05) is 0 Å². The SMILES string of the molecule is c1ccc2c(c1)ccc1c2cc2ccc3c4ccc5cccc6ccc(c7ccc1c2c37)c4c56. The number of fused-ring (bicyclic) bond motifs is 6. The van der Waals surface area contributed by atoms with Crippen LogP contribution in [0.2, 0.25) is 0 Å². The molecule has 0 unspecified atom stereocenters. The van der Waals surface area contributed by atoms with Crippen LogP contribution in [0, 0.1) is 0 Å². The van der Waals surface area contributed by atoms with Crippen LogP contribution in [0.1, 0.15) is 0 Å². The molecule has 0 heteroatoms. The summed E-state index contributed by atoms with van der Waals surface area (Å²) >= 11 is 0. The third kappa shape index (κ3) is 1.89. The van der Waals surface area contributed by atoms with E-state index in [4.69, 9.17) is 0 Å². The minimum atomic E-state index is 1.30. The standard InChI is InChI=1S/C34H18/c1-2-7-23-19(4-1)8-12-24-25-16-17-29-27-14-10-21-6-3-5-20-9-13-26(33(27)31(20)21)28-15-11-22(18-30(23)24)32(25)34(28)29/h1-18H. The maximum absolute atomic E-state index is 2.41. The lowest BCUT2D eigenvalue weighted by Crippen LogP contribution is -1.91. The van der Waals surface area contributed by atoms with Crippen molar-refractivity contribution in [1.29, 1.82) is 0 Å². The molecule has 0 amide bonds. The minimum absolute atomic E-state index is 1.30. The van der Waals surface area contributed by atoms with Crippen LogP contribution in [-0.2, 0) is 0 Å². The van der Waals surface area contributed by atoms with Crippen LogP contribution in [0.3, 0.4) is 0 Å². The van der Waals surface area contributed by atoms with Gasteiger partial charge in [-0.25, -0.2) is 0 Å². The van der Waals surface area contributed by atoms with Crippen LogP contribution in [0.4, 0.5) is 0 Å². The van der Waals surface area contributed by atoms with Gasteiger partial charge in [-0.1, -0.05) is 103 Å². The molecule has 0 saturated heterocycles. The highest BCUT2D eigenvalue weighted by Crippen LogP contribution is 2.46. The molecule has 0 fully saturated rings. The molecule has 0 aromatic heterocycles. The first-order valence-electron chi connectivity index (χ1n) is 12.0. The summed E-state index contributed by atoms with van der Waals surface area (Å²) in [5.41, 5.74) is 0. The third-order valence-electron chi connectivity index (χ3n) is 8.11. The second-order valence-electron chi connectivity index (χ2n) is 9.69. The van der Waals surface area contributed by atoms with Crippen molar-refractivity contribution in [3.05, 3.63) is 109 Å². The Labute approximate surface area is 195 Å². The maximum atomic E-state index is 2.41. The maximum Gasteiger partial charge on any atom is -0.00141 e. The van der Waals surface area contributed by atoms with E-state index in [0.717, 1.165) is 0 Å². The smallest absolute Gasteiger partial charge is 0.00141 e. The molecule has 0 heterocycles. The molecule has 0 aliphatic heterocycles. The first-order chi connectivity index (χ1) is 16.9. The van der Waals surface area contributed by atoms with Crippen molar-refractivity contribution in [3.8, 4) is 0 Å². The van der Waals surface area contributed by atoms with Crippen molar-refractivity contribution < 1.29 is 0 Å². The van der Waals surface area contributed by atoms with Crippen LogP contribution in [0.25, 0.3) is 86.2 Å². The summed E-state index contributed by atoms with van der Waals surface area (Å²) in [5.74, 6) is 0. The van der Waals surface area contributed by atoms with Crippen molar-refractivity contribution in [2.24, 2.45) is 0 Å². The van der Waals surface area contributed by atoms with Gasteiger partial charge in [-0.15, -0.1) is 0 Å². The lowest BCUT2D eigenvalue weighted by molar-refractivity contribution is 1.79. The quantitative estimate of drug-likeness (QED) is 0.167. The summed E-state index contributed by atoms with van der Waals surface area (Å²) in [4.78, 5) is 0. The Morgan fingerprint density at radius 1 is 0.235 bits per heavy atom. The summed E-state index contributed by atoms with van der Waals surface area (Å²) < 4.78 is 0. The van der Waals surface area contributed by atoms with E-state index in [1.807, 2.05) is 0 Å². The Kier molecular flexibility index (Phi) is 2.88. The van der Waals surface area contributed by atoms with E-state index in [2.05, 4.69) is 109 Å². The summed E-state index contributed by atoms with van der Waals surface area (Å²) in [6.07, 6.45) is 0. The van der Waals surface area contributed by atoms with Gasteiger partial charge in [-0.2, -0.15) is 0 Å². The van der Waals surface area contributed by atoms with Gasteiger partial charge in [0.05, 0.1) is 0 Å². The average Bonchev–Trinajstić information content (AvgIpc) is 2.90. The van der Waals surface area contributed by atoms with Crippen molar-refractivity contribution in [1.82, 2.24) is 0 Å². The molecule has 0 nitrogen and oxygen atoms in total. The average molecular weight is 427 g/mol. The van der Waals surface area contributed by atoms with Crippen LogP contribution < -0.4 is 0 Å². The van der Waals surface area contributed by atoms with Gasteiger partial charge in [-0.05, 0) is 92.2 Å². The summed E-state index contributed by atoms with van der Waals surface area (Å²) in [7, 11) is 0. The Hall–Kier alpha value is -4.42.